The predicted molar refractivity (Wildman–Crippen MR) is 113 cm³/mol. The molecule has 0 aliphatic carbocycles. The Kier molecular flexibility index (Phi) is 5.25. The fraction of sp³-hybridized carbons (Fsp3) is 0.0476. The minimum Gasteiger partial charge on any atom is -0.457 e. The van der Waals surface area contributed by atoms with Crippen LogP contribution in [-0.2, 0) is 0 Å². The molecule has 0 aliphatic heterocycles. The van der Waals surface area contributed by atoms with Crippen LogP contribution >= 0.6 is 0 Å². The maximum absolute atomic E-state index is 12.2. The van der Waals surface area contributed by atoms with Crippen LogP contribution in [0.2, 0.25) is 0 Å². The normalized spacial score (nSPS) is 10.4. The smallest absolute Gasteiger partial charge is 0.323 e. The molecule has 0 radical (unpaired) electrons. The van der Waals surface area contributed by atoms with Crippen molar-refractivity contribution in [1.29, 1.82) is 0 Å². The lowest BCUT2D eigenvalue weighted by Gasteiger charge is -2.10. The van der Waals surface area contributed by atoms with Gasteiger partial charge in [-0.25, -0.2) is 4.79 Å². The Morgan fingerprint density at radius 1 is 0.933 bits per heavy atom. The highest BCUT2D eigenvalue weighted by atomic mass is 16.5. The third-order valence-corrected chi connectivity index (χ3v) is 4.24. The number of hydrogen-bond donors (Lipinski definition) is 4. The van der Waals surface area contributed by atoms with Crippen molar-refractivity contribution >= 4 is 34.2 Å². The van der Waals surface area contributed by atoms with E-state index in [0.717, 1.165) is 10.9 Å². The van der Waals surface area contributed by atoms with Crippen molar-refractivity contribution in [3.8, 4) is 11.5 Å². The van der Waals surface area contributed by atoms with E-state index in [1.165, 1.54) is 13.2 Å². The molecule has 0 atom stereocenters. The van der Waals surface area contributed by atoms with E-state index < -0.39 is 0 Å². The number of carbonyl (C=O) groups is 2. The number of urea groups is 1. The number of carbonyl (C=O) groups excluding carboxylic acids is 2. The van der Waals surface area contributed by atoms with Crippen LogP contribution in [0.4, 0.5) is 16.2 Å². The summed E-state index contributed by atoms with van der Waals surface area (Å²) >= 11 is 0. The summed E-state index contributed by atoms with van der Waals surface area (Å²) in [5, 5.41) is 15.8. The van der Waals surface area contributed by atoms with Gasteiger partial charge in [-0.3, -0.25) is 14.9 Å². The lowest BCUT2D eigenvalue weighted by Crippen LogP contribution is -2.19. The molecule has 4 N–H and O–H groups in total. The second-order valence-electron chi connectivity index (χ2n) is 6.33. The highest BCUT2D eigenvalue weighted by Gasteiger charge is 2.08. The van der Waals surface area contributed by atoms with Crippen LogP contribution in [-0.4, -0.2) is 34.2 Å². The number of aromatic nitrogens is 3. The Bertz CT molecular complexity index is 1200. The maximum atomic E-state index is 12.2. The van der Waals surface area contributed by atoms with E-state index in [1.807, 2.05) is 6.07 Å². The summed E-state index contributed by atoms with van der Waals surface area (Å²) in [7, 11) is 1.54. The topological polar surface area (TPSA) is 121 Å². The lowest BCUT2D eigenvalue weighted by molar-refractivity contribution is 0.0958. The zero-order valence-electron chi connectivity index (χ0n) is 16.0. The Morgan fingerprint density at radius 2 is 1.70 bits per heavy atom. The maximum Gasteiger partial charge on any atom is 0.323 e. The molecule has 4 rings (SSSR count). The highest BCUT2D eigenvalue weighted by molar-refractivity contribution is 6.00. The van der Waals surface area contributed by atoms with Crippen LogP contribution in [0.25, 0.3) is 10.9 Å². The van der Waals surface area contributed by atoms with E-state index in [9.17, 15) is 9.59 Å². The zero-order chi connectivity index (χ0) is 20.9. The Labute approximate surface area is 171 Å². The highest BCUT2D eigenvalue weighted by Crippen LogP contribution is 2.23. The lowest BCUT2D eigenvalue weighted by atomic mass is 10.2. The quantitative estimate of drug-likeness (QED) is 0.405. The minimum absolute atomic E-state index is 0.262. The van der Waals surface area contributed by atoms with Gasteiger partial charge in [0.25, 0.3) is 5.91 Å². The van der Waals surface area contributed by atoms with Crippen molar-refractivity contribution in [2.24, 2.45) is 0 Å². The molecule has 0 unspecified atom stereocenters. The summed E-state index contributed by atoms with van der Waals surface area (Å²) in [6.45, 7) is 0. The summed E-state index contributed by atoms with van der Waals surface area (Å²) in [5.41, 5.74) is 2.35. The van der Waals surface area contributed by atoms with Gasteiger partial charge < -0.3 is 20.7 Å². The zero-order valence-corrected chi connectivity index (χ0v) is 16.0. The third-order valence-electron chi connectivity index (χ3n) is 4.24. The number of amides is 3. The number of nitrogens with one attached hydrogen (secondary N) is 4. The van der Waals surface area contributed by atoms with Crippen LogP contribution in [0.5, 0.6) is 11.5 Å². The van der Waals surface area contributed by atoms with E-state index in [4.69, 9.17) is 4.74 Å². The molecule has 9 heteroatoms. The van der Waals surface area contributed by atoms with Gasteiger partial charge in [-0.05, 0) is 48.5 Å². The van der Waals surface area contributed by atoms with Crippen LogP contribution in [0.3, 0.4) is 0 Å². The minimum atomic E-state index is -0.369. The van der Waals surface area contributed by atoms with E-state index in [1.54, 1.807) is 54.7 Å². The summed E-state index contributed by atoms with van der Waals surface area (Å²) in [6.07, 6.45) is 3.22. The molecule has 0 fully saturated rings. The van der Waals surface area contributed by atoms with Gasteiger partial charge in [-0.15, -0.1) is 0 Å². The Hall–Kier alpha value is -4.40. The van der Waals surface area contributed by atoms with E-state index in [0.29, 0.717) is 22.9 Å². The molecule has 9 nitrogen and oxygen atoms in total. The summed E-state index contributed by atoms with van der Waals surface area (Å²) in [4.78, 5) is 27.9. The number of anilines is 2. The monoisotopic (exact) mass is 402 g/mol. The van der Waals surface area contributed by atoms with E-state index in [-0.39, 0.29) is 17.6 Å². The first-order valence-electron chi connectivity index (χ1n) is 9.08. The van der Waals surface area contributed by atoms with Crippen molar-refractivity contribution in [1.82, 2.24) is 20.5 Å². The molecule has 30 heavy (non-hydrogen) atoms. The second-order valence-corrected chi connectivity index (χ2v) is 6.33. The summed E-state index contributed by atoms with van der Waals surface area (Å²) in [5.74, 6) is 0.744. The molecule has 0 saturated carbocycles. The summed E-state index contributed by atoms with van der Waals surface area (Å²) in [6, 6.07) is 15.2. The number of aromatic amines is 1. The van der Waals surface area contributed by atoms with Crippen molar-refractivity contribution in [2.45, 2.75) is 0 Å². The predicted octanol–water partition coefficient (Wildman–Crippen LogP) is 3.75. The SMILES string of the molecule is CNC(=O)c1cc(Oc2ccc(NC(=O)Nc3ccc4cn[nH]c4c3)cc2)ccn1. The largest absolute Gasteiger partial charge is 0.457 e. The first-order chi connectivity index (χ1) is 14.6. The second kappa shape index (κ2) is 8.31. The number of hydrogen-bond acceptors (Lipinski definition) is 5. The Balaban J connectivity index is 1.37. The molecular formula is C21H18N6O3. The average molecular weight is 402 g/mol. The third kappa shape index (κ3) is 4.36. The van der Waals surface area contributed by atoms with Crippen LogP contribution in [0.1, 0.15) is 10.5 Å². The molecular weight excluding hydrogens is 384 g/mol. The van der Waals surface area contributed by atoms with E-state index >= 15 is 0 Å². The number of rotatable bonds is 5. The van der Waals surface area contributed by atoms with Crippen LogP contribution in [0.15, 0.2) is 67.0 Å². The fourth-order valence-corrected chi connectivity index (χ4v) is 2.78. The first kappa shape index (κ1) is 18.9. The summed E-state index contributed by atoms with van der Waals surface area (Å²) < 4.78 is 5.74. The molecule has 2 aromatic heterocycles. The van der Waals surface area contributed by atoms with Crippen molar-refractivity contribution in [2.75, 3.05) is 17.7 Å². The van der Waals surface area contributed by atoms with Gasteiger partial charge in [0.1, 0.15) is 17.2 Å². The molecule has 0 saturated heterocycles. The number of H-pyrrole nitrogens is 1. The van der Waals surface area contributed by atoms with Crippen LogP contribution < -0.4 is 20.7 Å². The first-order valence-corrected chi connectivity index (χ1v) is 9.08. The standard InChI is InChI=1S/C21H18N6O3/c1-22-20(28)19-11-17(8-9-23-19)30-16-6-4-14(5-7-16)25-21(29)26-15-3-2-13-12-24-27-18(13)10-15/h2-12H,1H3,(H,22,28)(H,24,27)(H2,25,26,29). The Morgan fingerprint density at radius 3 is 2.50 bits per heavy atom. The van der Waals surface area contributed by atoms with Crippen LogP contribution in [0, 0.1) is 0 Å². The van der Waals surface area contributed by atoms with Gasteiger partial charge in [0, 0.05) is 36.1 Å². The number of ether oxygens (including phenoxy) is 1. The van der Waals surface area contributed by atoms with Crippen molar-refractivity contribution < 1.29 is 14.3 Å². The van der Waals surface area contributed by atoms with Gasteiger partial charge in [0.05, 0.1) is 11.7 Å². The molecule has 0 bridgehead atoms. The number of benzene rings is 2. The fourth-order valence-electron chi connectivity index (χ4n) is 2.78. The van der Waals surface area contributed by atoms with Crippen molar-refractivity contribution in [3.05, 3.63) is 72.7 Å². The van der Waals surface area contributed by atoms with Gasteiger partial charge in [0.15, 0.2) is 0 Å². The molecule has 4 aromatic rings. The van der Waals surface area contributed by atoms with Gasteiger partial charge in [-0.1, -0.05) is 0 Å². The van der Waals surface area contributed by atoms with Gasteiger partial charge in [0.2, 0.25) is 0 Å². The van der Waals surface area contributed by atoms with Gasteiger partial charge in [-0.2, -0.15) is 5.10 Å². The molecule has 3 amide bonds. The number of nitrogens with zero attached hydrogens (tertiary/aromatic N) is 2. The van der Waals surface area contributed by atoms with Crippen molar-refractivity contribution in [3.63, 3.8) is 0 Å². The molecule has 0 aliphatic rings. The number of pyridine rings is 1. The number of fused-ring (bicyclic) bond motifs is 1. The van der Waals surface area contributed by atoms with E-state index in [2.05, 4.69) is 31.1 Å². The molecule has 2 heterocycles. The molecule has 0 spiro atoms. The molecule has 150 valence electrons. The van der Waals surface area contributed by atoms with Gasteiger partial charge >= 0.3 is 6.03 Å². The molecule has 2 aromatic carbocycles. The average Bonchev–Trinajstić information content (AvgIpc) is 3.22.